The molecule has 1 saturated heterocycles. The summed E-state index contributed by atoms with van der Waals surface area (Å²) in [6.07, 6.45) is -16.6. The zero-order valence-corrected chi connectivity index (χ0v) is 8.53. The van der Waals surface area contributed by atoms with Crippen LogP contribution in [0.5, 0.6) is 0 Å². The van der Waals surface area contributed by atoms with Crippen molar-refractivity contribution in [1.29, 1.82) is 0 Å². The van der Waals surface area contributed by atoms with Gasteiger partial charge in [-0.3, -0.25) is 0 Å². The summed E-state index contributed by atoms with van der Waals surface area (Å²) >= 11 is 0. The molecule has 0 amide bonds. The Hall–Kier alpha value is -1.06. The molecule has 10 heteroatoms. The van der Waals surface area contributed by atoms with E-state index >= 15 is 0 Å². The van der Waals surface area contributed by atoms with Gasteiger partial charge < -0.3 is 9.64 Å². The third-order valence-electron chi connectivity index (χ3n) is 2.22. The predicted octanol–water partition coefficient (Wildman–Crippen LogP) is 2.92. The summed E-state index contributed by atoms with van der Waals surface area (Å²) in [6, 6.07) is 0. The van der Waals surface area contributed by atoms with Crippen LogP contribution in [0.1, 0.15) is 0 Å². The van der Waals surface area contributed by atoms with Crippen LogP contribution in [0.4, 0.5) is 35.1 Å². The van der Waals surface area contributed by atoms with Crippen LogP contribution in [-0.2, 0) is 4.74 Å². The van der Waals surface area contributed by atoms with Gasteiger partial charge in [-0.05, 0) is 0 Å². The lowest BCUT2D eigenvalue weighted by Crippen LogP contribution is -2.56. The minimum atomic E-state index is -5.10. The van der Waals surface area contributed by atoms with Crippen molar-refractivity contribution in [2.45, 2.75) is 24.6 Å². The first-order chi connectivity index (χ1) is 8.05. The number of ether oxygens (including phenoxy) is 1. The number of morpholine rings is 1. The molecule has 1 fully saturated rings. The predicted molar refractivity (Wildman–Crippen MR) is 42.6 cm³/mol. The summed E-state index contributed by atoms with van der Waals surface area (Å²) in [7, 11) is 0. The molecule has 1 aliphatic rings. The Labute approximate surface area is 95.8 Å². The highest BCUT2D eigenvalue weighted by molar-refractivity contribution is 4.94. The summed E-state index contributed by atoms with van der Waals surface area (Å²) in [5.41, 5.74) is 0. The smallest absolute Gasteiger partial charge is 0.352 e. The van der Waals surface area contributed by atoms with Gasteiger partial charge in [0.2, 0.25) is 5.95 Å². The van der Waals surface area contributed by atoms with Crippen LogP contribution in [0.3, 0.4) is 0 Å². The first-order valence-corrected chi connectivity index (χ1v) is 4.55. The van der Waals surface area contributed by atoms with Gasteiger partial charge in [0.15, 0.2) is 12.2 Å². The fourth-order valence-corrected chi connectivity index (χ4v) is 1.36. The molecule has 0 aliphatic carbocycles. The molecule has 0 aromatic carbocycles. The van der Waals surface area contributed by atoms with Gasteiger partial charge in [0.1, 0.15) is 6.33 Å². The number of rotatable bonds is 1. The standard InChI is InChI=1S/C8H7F8NO/c9-1-6(10)17-2-4(7(11,12)13)18-5(3-17)8(14,15)16/h1,4-5H,2-3H2/b6-1-. The number of hydrogen-bond donors (Lipinski definition) is 0. The topological polar surface area (TPSA) is 12.5 Å². The van der Waals surface area contributed by atoms with E-state index in [2.05, 4.69) is 4.74 Å². The van der Waals surface area contributed by atoms with E-state index in [4.69, 9.17) is 0 Å². The molecule has 1 rings (SSSR count). The molecule has 1 aliphatic heterocycles. The fourth-order valence-electron chi connectivity index (χ4n) is 1.36. The van der Waals surface area contributed by atoms with Gasteiger partial charge in [0, 0.05) is 0 Å². The maximum Gasteiger partial charge on any atom is 0.416 e. The molecular weight excluding hydrogens is 278 g/mol. The summed E-state index contributed by atoms with van der Waals surface area (Å²) in [5.74, 6) is -1.80. The van der Waals surface area contributed by atoms with Crippen molar-refractivity contribution in [2.24, 2.45) is 0 Å². The second kappa shape index (κ2) is 4.90. The number of nitrogens with zero attached hydrogens (tertiary/aromatic N) is 1. The zero-order valence-electron chi connectivity index (χ0n) is 8.53. The first-order valence-electron chi connectivity index (χ1n) is 4.55. The summed E-state index contributed by atoms with van der Waals surface area (Å²) in [6.45, 7) is -2.47. The lowest BCUT2D eigenvalue weighted by atomic mass is 10.2. The average Bonchev–Trinajstić information content (AvgIpc) is 2.25. The molecule has 2 atom stereocenters. The van der Waals surface area contributed by atoms with E-state index in [0.29, 0.717) is 0 Å². The lowest BCUT2D eigenvalue weighted by Gasteiger charge is -2.39. The molecular formula is C8H7F8NO. The van der Waals surface area contributed by atoms with Crippen LogP contribution in [0.15, 0.2) is 12.3 Å². The Bertz CT molecular complexity index is 300. The van der Waals surface area contributed by atoms with Gasteiger partial charge in [-0.1, -0.05) is 0 Å². The Balaban J connectivity index is 2.93. The maximum atomic E-state index is 12.8. The van der Waals surface area contributed by atoms with Crippen LogP contribution in [0, 0.1) is 0 Å². The van der Waals surface area contributed by atoms with E-state index in [1.165, 1.54) is 0 Å². The highest BCUT2D eigenvalue weighted by Crippen LogP contribution is 2.34. The number of hydrogen-bond acceptors (Lipinski definition) is 2. The number of halogens is 8. The van der Waals surface area contributed by atoms with Gasteiger partial charge in [0.25, 0.3) is 0 Å². The van der Waals surface area contributed by atoms with Crippen molar-refractivity contribution < 1.29 is 39.9 Å². The SMILES string of the molecule is F/C=C(/F)N1CC(C(F)(F)F)OC(C(F)(F)F)C1. The molecule has 18 heavy (non-hydrogen) atoms. The summed E-state index contributed by atoms with van der Waals surface area (Å²) < 4.78 is 102. The van der Waals surface area contributed by atoms with Gasteiger partial charge in [-0.2, -0.15) is 30.7 Å². The molecule has 0 radical (unpaired) electrons. The van der Waals surface area contributed by atoms with Crippen LogP contribution in [0.25, 0.3) is 0 Å². The third-order valence-corrected chi connectivity index (χ3v) is 2.22. The molecule has 106 valence electrons. The van der Waals surface area contributed by atoms with E-state index in [-0.39, 0.29) is 4.90 Å². The van der Waals surface area contributed by atoms with E-state index in [1.54, 1.807) is 0 Å². The molecule has 2 unspecified atom stereocenters. The van der Waals surface area contributed by atoms with Gasteiger partial charge in [-0.25, -0.2) is 4.39 Å². The van der Waals surface area contributed by atoms with Crippen molar-refractivity contribution in [2.75, 3.05) is 13.1 Å². The second-order valence-corrected chi connectivity index (χ2v) is 3.53. The third kappa shape index (κ3) is 3.47. The van der Waals surface area contributed by atoms with Crippen molar-refractivity contribution in [1.82, 2.24) is 4.90 Å². The quantitative estimate of drug-likeness (QED) is 0.542. The van der Waals surface area contributed by atoms with Gasteiger partial charge >= 0.3 is 12.4 Å². The molecule has 2 nitrogen and oxygen atoms in total. The Morgan fingerprint density at radius 3 is 1.67 bits per heavy atom. The molecule has 0 aromatic rings. The highest BCUT2D eigenvalue weighted by Gasteiger charge is 2.53. The molecule has 1 heterocycles. The van der Waals surface area contributed by atoms with E-state index < -0.39 is 49.9 Å². The van der Waals surface area contributed by atoms with Crippen LogP contribution >= 0.6 is 0 Å². The van der Waals surface area contributed by atoms with Crippen molar-refractivity contribution in [3.63, 3.8) is 0 Å². The normalized spacial score (nSPS) is 27.6. The van der Waals surface area contributed by atoms with Crippen molar-refractivity contribution in [3.8, 4) is 0 Å². The maximum absolute atomic E-state index is 12.8. The number of alkyl halides is 6. The van der Waals surface area contributed by atoms with E-state index in [0.717, 1.165) is 0 Å². The Morgan fingerprint density at radius 1 is 1.00 bits per heavy atom. The Morgan fingerprint density at radius 2 is 1.39 bits per heavy atom. The first kappa shape index (κ1) is 15.0. The highest BCUT2D eigenvalue weighted by atomic mass is 19.4. The Kier molecular flexibility index (Phi) is 4.08. The average molecular weight is 285 g/mol. The zero-order chi connectivity index (χ0) is 14.1. The van der Waals surface area contributed by atoms with Crippen molar-refractivity contribution >= 4 is 0 Å². The van der Waals surface area contributed by atoms with Gasteiger partial charge in [-0.15, -0.1) is 0 Å². The van der Waals surface area contributed by atoms with Gasteiger partial charge in [0.05, 0.1) is 13.1 Å². The molecule has 0 saturated carbocycles. The minimum Gasteiger partial charge on any atom is -0.352 e. The van der Waals surface area contributed by atoms with E-state index in [1.807, 2.05) is 0 Å². The summed E-state index contributed by atoms with van der Waals surface area (Å²) in [5, 5.41) is 0. The van der Waals surface area contributed by atoms with E-state index in [9.17, 15) is 35.1 Å². The van der Waals surface area contributed by atoms with Crippen LogP contribution in [0.2, 0.25) is 0 Å². The lowest BCUT2D eigenvalue weighted by molar-refractivity contribution is -0.305. The van der Waals surface area contributed by atoms with Crippen LogP contribution < -0.4 is 0 Å². The molecule has 0 aromatic heterocycles. The van der Waals surface area contributed by atoms with Crippen LogP contribution in [-0.4, -0.2) is 42.5 Å². The molecule has 0 spiro atoms. The molecule has 0 N–H and O–H groups in total. The summed E-state index contributed by atoms with van der Waals surface area (Å²) in [4.78, 5) is -0.000185. The molecule has 0 bridgehead atoms. The largest absolute Gasteiger partial charge is 0.416 e. The second-order valence-electron chi connectivity index (χ2n) is 3.53. The fraction of sp³-hybridized carbons (Fsp3) is 0.750. The van der Waals surface area contributed by atoms with Crippen molar-refractivity contribution in [3.05, 3.63) is 12.3 Å². The minimum absolute atomic E-state index is 0.000185. The monoisotopic (exact) mass is 285 g/mol.